The Hall–Kier alpha value is -0.810. The number of hydrogen-bond acceptors (Lipinski definition) is 3. The molecule has 0 aliphatic carbocycles. The molecule has 3 nitrogen and oxygen atoms in total. The fourth-order valence-electron chi connectivity index (χ4n) is 1.62. The highest BCUT2D eigenvalue weighted by Crippen LogP contribution is 2.24. The van der Waals surface area contributed by atoms with E-state index in [0.717, 1.165) is 33.7 Å². The summed E-state index contributed by atoms with van der Waals surface area (Å²) in [6, 6.07) is 7.73. The minimum Gasteiger partial charge on any atom is -0.274 e. The number of carbonyl (C=O) groups is 1. The number of carbonyl (C=O) groups excluding carboxylic acids is 1. The second-order valence-electron chi connectivity index (χ2n) is 3.63. The molecule has 0 radical (unpaired) electrons. The number of halogens is 1. The highest BCUT2D eigenvalue weighted by Gasteiger charge is 2.13. The number of aromatic nitrogens is 2. The number of para-hydroxylation sites is 2. The van der Waals surface area contributed by atoms with Crippen molar-refractivity contribution < 1.29 is 4.79 Å². The van der Waals surface area contributed by atoms with E-state index < -0.39 is 0 Å². The summed E-state index contributed by atoms with van der Waals surface area (Å²) in [5.74, 6) is 0.974. The predicted octanol–water partition coefficient (Wildman–Crippen LogP) is 3.57. The lowest BCUT2D eigenvalue weighted by Gasteiger charge is -2.03. The van der Waals surface area contributed by atoms with Crippen LogP contribution in [-0.4, -0.2) is 26.5 Å². The first-order chi connectivity index (χ1) is 8.24. The van der Waals surface area contributed by atoms with E-state index >= 15 is 0 Å². The fourth-order valence-corrected chi connectivity index (χ4v) is 3.26. The van der Waals surface area contributed by atoms with Gasteiger partial charge in [-0.3, -0.25) is 9.36 Å². The minimum atomic E-state index is 0.0139. The van der Waals surface area contributed by atoms with Crippen LogP contribution in [0, 0.1) is 0 Å². The Balaban J connectivity index is 2.39. The highest BCUT2D eigenvalue weighted by molar-refractivity contribution is 9.09. The van der Waals surface area contributed by atoms with Crippen LogP contribution in [0.3, 0.4) is 0 Å². The number of nitrogens with zero attached hydrogens (tertiary/aromatic N) is 2. The van der Waals surface area contributed by atoms with E-state index in [-0.39, 0.29) is 5.91 Å². The average molecular weight is 313 g/mol. The summed E-state index contributed by atoms with van der Waals surface area (Å²) in [5, 5.41) is 1.76. The van der Waals surface area contributed by atoms with Crippen LogP contribution < -0.4 is 0 Å². The molecule has 0 amide bonds. The minimum absolute atomic E-state index is 0.0139. The SMILES string of the molecule is CC(=O)n1c(SCCCBr)nc2ccccc21. The van der Waals surface area contributed by atoms with Gasteiger partial charge in [-0.1, -0.05) is 39.8 Å². The Morgan fingerprint density at radius 3 is 2.94 bits per heavy atom. The number of benzene rings is 1. The van der Waals surface area contributed by atoms with Crippen LogP contribution in [0.15, 0.2) is 29.4 Å². The van der Waals surface area contributed by atoms with Crippen molar-refractivity contribution in [2.75, 3.05) is 11.1 Å². The summed E-state index contributed by atoms with van der Waals surface area (Å²) < 4.78 is 1.69. The van der Waals surface area contributed by atoms with Gasteiger partial charge in [0.1, 0.15) is 0 Å². The van der Waals surface area contributed by atoms with Gasteiger partial charge >= 0.3 is 0 Å². The van der Waals surface area contributed by atoms with E-state index in [2.05, 4.69) is 20.9 Å². The quantitative estimate of drug-likeness (QED) is 0.492. The number of fused-ring (bicyclic) bond motifs is 1. The van der Waals surface area contributed by atoms with Gasteiger partial charge < -0.3 is 0 Å². The van der Waals surface area contributed by atoms with Crippen LogP contribution in [0.4, 0.5) is 0 Å². The molecule has 1 heterocycles. The van der Waals surface area contributed by atoms with E-state index in [9.17, 15) is 4.79 Å². The smallest absolute Gasteiger partial charge is 0.230 e. The molecule has 0 atom stereocenters. The van der Waals surface area contributed by atoms with Crippen molar-refractivity contribution in [2.45, 2.75) is 18.5 Å². The number of alkyl halides is 1. The Labute approximate surface area is 113 Å². The zero-order chi connectivity index (χ0) is 12.3. The molecule has 90 valence electrons. The molecular weight excluding hydrogens is 300 g/mol. The van der Waals surface area contributed by atoms with Gasteiger partial charge in [0.15, 0.2) is 5.16 Å². The van der Waals surface area contributed by atoms with Crippen molar-refractivity contribution >= 4 is 44.6 Å². The fraction of sp³-hybridized carbons (Fsp3) is 0.333. The van der Waals surface area contributed by atoms with Crippen LogP contribution in [-0.2, 0) is 0 Å². The van der Waals surface area contributed by atoms with Gasteiger partial charge in [-0.25, -0.2) is 4.98 Å². The van der Waals surface area contributed by atoms with Crippen molar-refractivity contribution in [3.05, 3.63) is 24.3 Å². The number of hydrogen-bond donors (Lipinski definition) is 0. The maximum Gasteiger partial charge on any atom is 0.230 e. The average Bonchev–Trinajstić information content (AvgIpc) is 2.67. The summed E-state index contributed by atoms with van der Waals surface area (Å²) in [6.45, 7) is 1.57. The van der Waals surface area contributed by atoms with Gasteiger partial charge in [0.2, 0.25) is 5.91 Å². The highest BCUT2D eigenvalue weighted by atomic mass is 79.9. The molecule has 0 N–H and O–H groups in total. The molecule has 0 aliphatic rings. The number of thioether (sulfide) groups is 1. The first kappa shape index (κ1) is 12.6. The molecule has 0 bridgehead atoms. The molecule has 0 spiro atoms. The van der Waals surface area contributed by atoms with Gasteiger partial charge in [0, 0.05) is 18.0 Å². The lowest BCUT2D eigenvalue weighted by atomic mass is 10.3. The molecule has 0 saturated heterocycles. The standard InChI is InChI=1S/C12H13BrN2OS/c1-9(16)15-11-6-3-2-5-10(11)14-12(15)17-8-4-7-13/h2-3,5-6H,4,7-8H2,1H3. The molecule has 5 heteroatoms. The van der Waals surface area contributed by atoms with Gasteiger partial charge in [0.05, 0.1) is 11.0 Å². The summed E-state index contributed by atoms with van der Waals surface area (Å²) in [6.07, 6.45) is 1.06. The largest absolute Gasteiger partial charge is 0.274 e. The molecule has 1 aromatic carbocycles. The van der Waals surface area contributed by atoms with E-state index in [1.54, 1.807) is 23.3 Å². The molecule has 2 rings (SSSR count). The Bertz CT molecular complexity index is 538. The zero-order valence-corrected chi connectivity index (χ0v) is 11.9. The Kier molecular flexibility index (Phi) is 4.23. The van der Waals surface area contributed by atoms with Crippen molar-refractivity contribution in [3.63, 3.8) is 0 Å². The predicted molar refractivity (Wildman–Crippen MR) is 75.2 cm³/mol. The molecule has 0 fully saturated rings. The number of rotatable bonds is 4. The van der Waals surface area contributed by atoms with Crippen LogP contribution >= 0.6 is 27.7 Å². The number of imidazole rings is 1. The van der Waals surface area contributed by atoms with Gasteiger partial charge in [0.25, 0.3) is 0 Å². The topological polar surface area (TPSA) is 34.9 Å². The first-order valence-electron chi connectivity index (χ1n) is 5.41. The molecule has 2 aromatic rings. The second-order valence-corrected chi connectivity index (χ2v) is 5.48. The molecule has 0 aliphatic heterocycles. The lowest BCUT2D eigenvalue weighted by Crippen LogP contribution is -2.07. The third kappa shape index (κ3) is 2.72. The third-order valence-electron chi connectivity index (χ3n) is 2.35. The van der Waals surface area contributed by atoms with Crippen molar-refractivity contribution in [1.29, 1.82) is 0 Å². The van der Waals surface area contributed by atoms with Crippen molar-refractivity contribution in [1.82, 2.24) is 9.55 Å². The van der Waals surface area contributed by atoms with Crippen molar-refractivity contribution in [2.24, 2.45) is 0 Å². The van der Waals surface area contributed by atoms with Gasteiger partial charge in [-0.05, 0) is 18.6 Å². The lowest BCUT2D eigenvalue weighted by molar-refractivity contribution is 0.0931. The summed E-state index contributed by atoms with van der Waals surface area (Å²) >= 11 is 5.02. The normalized spacial score (nSPS) is 10.9. The zero-order valence-electron chi connectivity index (χ0n) is 9.52. The van der Waals surface area contributed by atoms with Crippen LogP contribution in [0.2, 0.25) is 0 Å². The van der Waals surface area contributed by atoms with Gasteiger partial charge in [-0.2, -0.15) is 0 Å². The van der Waals surface area contributed by atoms with Crippen LogP contribution in [0.5, 0.6) is 0 Å². The first-order valence-corrected chi connectivity index (χ1v) is 7.52. The van der Waals surface area contributed by atoms with Gasteiger partial charge in [-0.15, -0.1) is 0 Å². The second kappa shape index (κ2) is 5.69. The summed E-state index contributed by atoms with van der Waals surface area (Å²) in [5.41, 5.74) is 1.77. The Morgan fingerprint density at radius 2 is 2.24 bits per heavy atom. The third-order valence-corrected chi connectivity index (χ3v) is 3.94. The van der Waals surface area contributed by atoms with E-state index in [0.29, 0.717) is 0 Å². The van der Waals surface area contributed by atoms with E-state index in [1.807, 2.05) is 24.3 Å². The molecule has 1 aromatic heterocycles. The van der Waals surface area contributed by atoms with E-state index in [1.165, 1.54) is 0 Å². The Morgan fingerprint density at radius 1 is 1.47 bits per heavy atom. The monoisotopic (exact) mass is 312 g/mol. The van der Waals surface area contributed by atoms with E-state index in [4.69, 9.17) is 0 Å². The summed E-state index contributed by atoms with van der Waals surface area (Å²) in [7, 11) is 0. The summed E-state index contributed by atoms with van der Waals surface area (Å²) in [4.78, 5) is 16.2. The maximum atomic E-state index is 11.7. The molecule has 0 saturated carbocycles. The maximum absolute atomic E-state index is 11.7. The molecular formula is C12H13BrN2OS. The van der Waals surface area contributed by atoms with Crippen LogP contribution in [0.25, 0.3) is 11.0 Å². The molecule has 17 heavy (non-hydrogen) atoms. The molecule has 0 unspecified atom stereocenters. The van der Waals surface area contributed by atoms with Crippen molar-refractivity contribution in [3.8, 4) is 0 Å². The van der Waals surface area contributed by atoms with Crippen LogP contribution in [0.1, 0.15) is 18.1 Å².